The molecule has 1 fully saturated rings. The number of aromatic nitrogens is 2. The normalized spacial score (nSPS) is 14.3. The van der Waals surface area contributed by atoms with E-state index >= 15 is 0 Å². The van der Waals surface area contributed by atoms with E-state index < -0.39 is 28.5 Å². The average molecular weight is 471 g/mol. The van der Waals surface area contributed by atoms with E-state index in [1.807, 2.05) is 0 Å². The Labute approximate surface area is 189 Å². The molecule has 0 radical (unpaired) electrons. The van der Waals surface area contributed by atoms with Crippen LogP contribution in [0.5, 0.6) is 0 Å². The predicted molar refractivity (Wildman–Crippen MR) is 120 cm³/mol. The van der Waals surface area contributed by atoms with E-state index in [0.717, 1.165) is 12.8 Å². The Hall–Kier alpha value is -3.57. The Morgan fingerprint density at radius 1 is 1.03 bits per heavy atom. The van der Waals surface area contributed by atoms with Gasteiger partial charge in [0, 0.05) is 24.2 Å². The summed E-state index contributed by atoms with van der Waals surface area (Å²) in [7, 11) is -3.53. The molecule has 11 heteroatoms. The maximum Gasteiger partial charge on any atom is 0.312 e. The fraction of sp³-hybridized carbons (Fsp3) is 0.273. The van der Waals surface area contributed by atoms with Gasteiger partial charge in [0.1, 0.15) is 0 Å². The highest BCUT2D eigenvalue weighted by Crippen LogP contribution is 2.22. The summed E-state index contributed by atoms with van der Waals surface area (Å²) in [6, 6.07) is 12.6. The topological polar surface area (TPSA) is 139 Å². The SMILES string of the molecule is O=C(COC(=O)Cc1n[nH]c(=O)c2ccccc12)Nc1ccc(S(=O)(=O)N2CCCC2)cc1. The third kappa shape index (κ3) is 5.10. The van der Waals surface area contributed by atoms with E-state index in [1.165, 1.54) is 28.6 Å². The van der Waals surface area contributed by atoms with Crippen LogP contribution in [0.25, 0.3) is 10.8 Å². The van der Waals surface area contributed by atoms with Gasteiger partial charge in [0.15, 0.2) is 6.61 Å². The Morgan fingerprint density at radius 2 is 1.70 bits per heavy atom. The number of anilines is 1. The number of benzene rings is 2. The lowest BCUT2D eigenvalue weighted by atomic mass is 10.1. The molecule has 0 bridgehead atoms. The quantitative estimate of drug-likeness (QED) is 0.498. The summed E-state index contributed by atoms with van der Waals surface area (Å²) in [6.07, 6.45) is 1.48. The van der Waals surface area contributed by atoms with Crippen LogP contribution in [0.4, 0.5) is 5.69 Å². The molecule has 2 N–H and O–H groups in total. The average Bonchev–Trinajstić information content (AvgIpc) is 3.36. The molecule has 1 aliphatic rings. The highest BCUT2D eigenvalue weighted by Gasteiger charge is 2.27. The van der Waals surface area contributed by atoms with Crippen LogP contribution in [0.3, 0.4) is 0 Å². The lowest BCUT2D eigenvalue weighted by Gasteiger charge is -2.15. The van der Waals surface area contributed by atoms with Gasteiger partial charge in [0.05, 0.1) is 22.4 Å². The third-order valence-electron chi connectivity index (χ3n) is 5.29. The molecule has 3 aromatic rings. The standard InChI is InChI=1S/C22H22N4O6S/c27-20(23-15-7-9-16(10-8-15)33(30,31)26-11-3-4-12-26)14-32-21(28)13-19-17-5-1-2-6-18(17)22(29)25-24-19/h1-2,5-10H,3-4,11-14H2,(H,23,27)(H,25,29). The van der Waals surface area contributed by atoms with E-state index in [1.54, 1.807) is 24.3 Å². The highest BCUT2D eigenvalue weighted by atomic mass is 32.2. The van der Waals surface area contributed by atoms with Gasteiger partial charge < -0.3 is 10.1 Å². The zero-order valence-electron chi connectivity index (χ0n) is 17.6. The van der Waals surface area contributed by atoms with Gasteiger partial charge in [-0.1, -0.05) is 18.2 Å². The maximum absolute atomic E-state index is 12.6. The Kier molecular flexibility index (Phi) is 6.52. The molecule has 1 saturated heterocycles. The zero-order chi connectivity index (χ0) is 23.4. The lowest BCUT2D eigenvalue weighted by molar-refractivity contribution is -0.146. The van der Waals surface area contributed by atoms with Crippen molar-refractivity contribution in [2.75, 3.05) is 25.0 Å². The van der Waals surface area contributed by atoms with E-state index in [2.05, 4.69) is 15.5 Å². The Bertz CT molecular complexity index is 1350. The molecule has 172 valence electrons. The summed E-state index contributed by atoms with van der Waals surface area (Å²) in [6.45, 7) is 0.501. The molecule has 10 nitrogen and oxygen atoms in total. The van der Waals surface area contributed by atoms with E-state index in [-0.39, 0.29) is 16.9 Å². The molecule has 1 amide bonds. The summed E-state index contributed by atoms with van der Waals surface area (Å²) >= 11 is 0. The smallest absolute Gasteiger partial charge is 0.312 e. The largest absolute Gasteiger partial charge is 0.455 e. The fourth-order valence-electron chi connectivity index (χ4n) is 3.62. The van der Waals surface area contributed by atoms with Crippen LogP contribution in [0, 0.1) is 0 Å². The molecule has 2 heterocycles. The minimum absolute atomic E-state index is 0.162. The van der Waals surface area contributed by atoms with Gasteiger partial charge >= 0.3 is 5.97 Å². The van der Waals surface area contributed by atoms with Crippen molar-refractivity contribution in [2.45, 2.75) is 24.2 Å². The number of nitrogens with one attached hydrogen (secondary N) is 2. The molecule has 0 unspecified atom stereocenters. The minimum Gasteiger partial charge on any atom is -0.455 e. The van der Waals surface area contributed by atoms with Crippen molar-refractivity contribution in [3.8, 4) is 0 Å². The zero-order valence-corrected chi connectivity index (χ0v) is 18.4. The number of hydrogen-bond donors (Lipinski definition) is 2. The van der Waals surface area contributed by atoms with Crippen molar-refractivity contribution in [3.05, 3.63) is 64.6 Å². The molecule has 2 aromatic carbocycles. The van der Waals surface area contributed by atoms with E-state index in [4.69, 9.17) is 4.74 Å². The van der Waals surface area contributed by atoms with Gasteiger partial charge in [0.25, 0.3) is 11.5 Å². The molecule has 1 aliphatic heterocycles. The number of carbonyl (C=O) groups is 2. The summed E-state index contributed by atoms with van der Waals surface area (Å²) < 4.78 is 31.6. The maximum atomic E-state index is 12.6. The molecule has 0 atom stereocenters. The Morgan fingerprint density at radius 3 is 2.39 bits per heavy atom. The van der Waals surface area contributed by atoms with Crippen LogP contribution in [-0.2, 0) is 30.8 Å². The van der Waals surface area contributed by atoms with Crippen molar-refractivity contribution in [1.82, 2.24) is 14.5 Å². The van der Waals surface area contributed by atoms with Crippen molar-refractivity contribution >= 4 is 38.4 Å². The van der Waals surface area contributed by atoms with Crippen molar-refractivity contribution < 1.29 is 22.7 Å². The van der Waals surface area contributed by atoms with Crippen LogP contribution in [-0.4, -0.2) is 54.5 Å². The summed E-state index contributed by atoms with van der Waals surface area (Å²) in [5.41, 5.74) is 0.358. The van der Waals surface area contributed by atoms with E-state index in [9.17, 15) is 22.8 Å². The number of carbonyl (C=O) groups excluding carboxylic acids is 2. The van der Waals surface area contributed by atoms with Crippen LogP contribution in [0.2, 0.25) is 0 Å². The van der Waals surface area contributed by atoms with Gasteiger partial charge in [-0.05, 0) is 43.2 Å². The first kappa shape index (κ1) is 22.6. The first-order chi connectivity index (χ1) is 15.8. The van der Waals surface area contributed by atoms with Gasteiger partial charge in [-0.15, -0.1) is 0 Å². The highest BCUT2D eigenvalue weighted by molar-refractivity contribution is 7.89. The van der Waals surface area contributed by atoms with Gasteiger partial charge in [-0.2, -0.15) is 9.40 Å². The number of fused-ring (bicyclic) bond motifs is 1. The summed E-state index contributed by atoms with van der Waals surface area (Å²) in [5.74, 6) is -1.25. The first-order valence-corrected chi connectivity index (χ1v) is 11.8. The van der Waals surface area contributed by atoms with Crippen LogP contribution in [0.15, 0.2) is 58.2 Å². The van der Waals surface area contributed by atoms with Gasteiger partial charge in [-0.3, -0.25) is 14.4 Å². The number of hydrogen-bond acceptors (Lipinski definition) is 7. The van der Waals surface area contributed by atoms with Crippen molar-refractivity contribution in [2.24, 2.45) is 0 Å². The Balaban J connectivity index is 1.32. The molecular weight excluding hydrogens is 448 g/mol. The molecule has 33 heavy (non-hydrogen) atoms. The fourth-order valence-corrected chi connectivity index (χ4v) is 5.14. The second kappa shape index (κ2) is 9.51. The molecule has 1 aromatic heterocycles. The minimum atomic E-state index is -3.53. The van der Waals surface area contributed by atoms with E-state index in [0.29, 0.717) is 35.2 Å². The number of nitrogens with zero attached hydrogens (tertiary/aromatic N) is 2. The molecular formula is C22H22N4O6S. The summed E-state index contributed by atoms with van der Waals surface area (Å²) in [4.78, 5) is 36.3. The molecule has 0 saturated carbocycles. The first-order valence-electron chi connectivity index (χ1n) is 10.4. The number of sulfonamides is 1. The van der Waals surface area contributed by atoms with Gasteiger partial charge in [0.2, 0.25) is 10.0 Å². The molecule has 0 aliphatic carbocycles. The number of rotatable bonds is 7. The van der Waals surface area contributed by atoms with Crippen LogP contribution < -0.4 is 10.9 Å². The number of ether oxygens (including phenoxy) is 1. The molecule has 4 rings (SSSR count). The predicted octanol–water partition coefficient (Wildman–Crippen LogP) is 1.43. The van der Waals surface area contributed by atoms with Crippen LogP contribution >= 0.6 is 0 Å². The number of aromatic amines is 1. The lowest BCUT2D eigenvalue weighted by Crippen LogP contribution is -2.27. The van der Waals surface area contributed by atoms with Gasteiger partial charge in [-0.25, -0.2) is 13.5 Å². The number of H-pyrrole nitrogens is 1. The third-order valence-corrected chi connectivity index (χ3v) is 7.20. The monoisotopic (exact) mass is 470 g/mol. The van der Waals surface area contributed by atoms with Crippen molar-refractivity contribution in [3.63, 3.8) is 0 Å². The second-order valence-electron chi connectivity index (χ2n) is 7.57. The number of esters is 1. The summed E-state index contributed by atoms with van der Waals surface area (Å²) in [5, 5.41) is 9.74. The number of amides is 1. The van der Waals surface area contributed by atoms with Crippen molar-refractivity contribution in [1.29, 1.82) is 0 Å². The second-order valence-corrected chi connectivity index (χ2v) is 9.50. The molecule has 0 spiro atoms. The van der Waals surface area contributed by atoms with Crippen LogP contribution in [0.1, 0.15) is 18.5 Å².